The van der Waals surface area contributed by atoms with E-state index in [0.29, 0.717) is 39.0 Å². The second-order valence-electron chi connectivity index (χ2n) is 7.07. The average molecular weight is 370 g/mol. The van der Waals surface area contributed by atoms with E-state index in [2.05, 4.69) is 23.7 Å². The summed E-state index contributed by atoms with van der Waals surface area (Å²) in [5, 5.41) is 1.11. The van der Waals surface area contributed by atoms with E-state index in [-0.39, 0.29) is 11.8 Å². The van der Waals surface area contributed by atoms with Gasteiger partial charge in [-0.2, -0.15) is 0 Å². The van der Waals surface area contributed by atoms with Crippen molar-refractivity contribution in [1.29, 1.82) is 0 Å². The molecule has 0 bridgehead atoms. The summed E-state index contributed by atoms with van der Waals surface area (Å²) in [7, 11) is 0. The lowest BCUT2D eigenvalue weighted by atomic mass is 10.1. The molecule has 1 aliphatic heterocycles. The van der Waals surface area contributed by atoms with Crippen LogP contribution in [-0.4, -0.2) is 77.3 Å². The molecule has 2 aromatic rings. The summed E-state index contributed by atoms with van der Waals surface area (Å²) in [6.07, 6.45) is 2.89. The fraction of sp³-hybridized carbons (Fsp3) is 0.524. The molecule has 6 nitrogen and oxygen atoms in total. The van der Waals surface area contributed by atoms with Crippen molar-refractivity contribution in [1.82, 2.24) is 19.7 Å². The number of nitrogens with zero attached hydrogens (tertiary/aromatic N) is 3. The van der Waals surface area contributed by atoms with Crippen molar-refractivity contribution >= 4 is 22.7 Å². The Morgan fingerprint density at radius 1 is 1.00 bits per heavy atom. The number of hydrogen-bond donors (Lipinski definition) is 1. The van der Waals surface area contributed by atoms with Crippen LogP contribution in [0.25, 0.3) is 10.9 Å². The quantitative estimate of drug-likeness (QED) is 0.812. The van der Waals surface area contributed by atoms with Gasteiger partial charge in [0, 0.05) is 56.2 Å². The molecule has 1 saturated heterocycles. The van der Waals surface area contributed by atoms with Gasteiger partial charge in [0.25, 0.3) is 0 Å². The van der Waals surface area contributed by atoms with E-state index in [1.54, 1.807) is 0 Å². The van der Waals surface area contributed by atoms with E-state index in [1.165, 1.54) is 0 Å². The van der Waals surface area contributed by atoms with E-state index in [1.807, 2.05) is 40.3 Å². The van der Waals surface area contributed by atoms with Crippen molar-refractivity contribution in [3.05, 3.63) is 36.0 Å². The summed E-state index contributed by atoms with van der Waals surface area (Å²) < 4.78 is 0. The van der Waals surface area contributed by atoms with Crippen molar-refractivity contribution in [2.75, 3.05) is 45.8 Å². The van der Waals surface area contributed by atoms with Crippen molar-refractivity contribution in [2.24, 2.45) is 0 Å². The molecule has 0 radical (unpaired) electrons. The number of hydrogen-bond acceptors (Lipinski definition) is 3. The van der Waals surface area contributed by atoms with Gasteiger partial charge in [0.15, 0.2) is 0 Å². The van der Waals surface area contributed by atoms with Gasteiger partial charge in [0.05, 0.1) is 6.42 Å². The molecule has 1 aromatic carbocycles. The van der Waals surface area contributed by atoms with E-state index in [0.717, 1.165) is 36.1 Å². The lowest BCUT2D eigenvalue weighted by molar-refractivity contribution is -0.139. The van der Waals surface area contributed by atoms with Gasteiger partial charge in [0.1, 0.15) is 0 Å². The van der Waals surface area contributed by atoms with Gasteiger partial charge in [-0.1, -0.05) is 32.0 Å². The van der Waals surface area contributed by atoms with Crippen LogP contribution in [0.1, 0.15) is 25.8 Å². The van der Waals surface area contributed by atoms with Crippen LogP contribution in [0.3, 0.4) is 0 Å². The van der Waals surface area contributed by atoms with Crippen molar-refractivity contribution in [2.45, 2.75) is 26.7 Å². The van der Waals surface area contributed by atoms with E-state index in [4.69, 9.17) is 0 Å². The van der Waals surface area contributed by atoms with Gasteiger partial charge in [0.2, 0.25) is 11.8 Å². The summed E-state index contributed by atoms with van der Waals surface area (Å²) in [6.45, 7) is 9.51. The van der Waals surface area contributed by atoms with Gasteiger partial charge < -0.3 is 19.7 Å². The Morgan fingerprint density at radius 2 is 1.63 bits per heavy atom. The van der Waals surface area contributed by atoms with Crippen molar-refractivity contribution in [3.63, 3.8) is 0 Å². The first-order valence-corrected chi connectivity index (χ1v) is 9.95. The number of carbonyl (C=O) groups is 2. The standard InChI is InChI=1S/C21H30N4O2/c1-3-23(4-2)10-9-20(26)24-11-13-25(14-12-24)21(27)15-17-16-22-19-8-6-5-7-18(17)19/h5-8,16,22H,3-4,9-15H2,1-2H3. The number of amides is 2. The maximum atomic E-state index is 12.7. The molecule has 0 unspecified atom stereocenters. The van der Waals surface area contributed by atoms with Gasteiger partial charge in [-0.15, -0.1) is 0 Å². The first kappa shape index (κ1) is 19.4. The van der Waals surface area contributed by atoms with Gasteiger partial charge in [-0.25, -0.2) is 0 Å². The highest BCUT2D eigenvalue weighted by Gasteiger charge is 2.24. The van der Waals surface area contributed by atoms with Crippen LogP contribution in [0.2, 0.25) is 0 Å². The molecule has 3 rings (SSSR count). The lowest BCUT2D eigenvalue weighted by Gasteiger charge is -2.35. The zero-order valence-corrected chi connectivity index (χ0v) is 16.4. The van der Waals surface area contributed by atoms with Crippen LogP contribution in [0.15, 0.2) is 30.5 Å². The highest BCUT2D eigenvalue weighted by atomic mass is 16.2. The fourth-order valence-electron chi connectivity index (χ4n) is 3.71. The number of benzene rings is 1. The van der Waals surface area contributed by atoms with Crippen LogP contribution in [0, 0.1) is 0 Å². The molecule has 1 aliphatic rings. The molecule has 0 saturated carbocycles. The number of aromatic amines is 1. The molecule has 0 atom stereocenters. The highest BCUT2D eigenvalue weighted by Crippen LogP contribution is 2.19. The van der Waals surface area contributed by atoms with Crippen LogP contribution in [0.4, 0.5) is 0 Å². The van der Waals surface area contributed by atoms with Gasteiger partial charge in [-0.05, 0) is 24.7 Å². The topological polar surface area (TPSA) is 59.7 Å². The molecule has 2 amide bonds. The van der Waals surface area contributed by atoms with Crippen molar-refractivity contribution in [3.8, 4) is 0 Å². The van der Waals surface area contributed by atoms with E-state index < -0.39 is 0 Å². The van der Waals surface area contributed by atoms with Crippen LogP contribution >= 0.6 is 0 Å². The molecule has 6 heteroatoms. The summed E-state index contributed by atoms with van der Waals surface area (Å²) >= 11 is 0. The number of piperazine rings is 1. The SMILES string of the molecule is CCN(CC)CCC(=O)N1CCN(C(=O)Cc2c[nH]c3ccccc23)CC1. The molecule has 0 spiro atoms. The molecule has 1 fully saturated rings. The Kier molecular flexibility index (Phi) is 6.50. The zero-order chi connectivity index (χ0) is 19.2. The number of carbonyl (C=O) groups excluding carboxylic acids is 2. The van der Waals surface area contributed by atoms with E-state index in [9.17, 15) is 9.59 Å². The average Bonchev–Trinajstić information content (AvgIpc) is 3.11. The van der Waals surface area contributed by atoms with E-state index >= 15 is 0 Å². The Morgan fingerprint density at radius 3 is 2.30 bits per heavy atom. The molecule has 2 heterocycles. The largest absolute Gasteiger partial charge is 0.361 e. The summed E-state index contributed by atoms with van der Waals surface area (Å²) in [4.78, 5) is 34.4. The van der Waals surface area contributed by atoms with Crippen LogP contribution in [-0.2, 0) is 16.0 Å². The minimum absolute atomic E-state index is 0.134. The lowest BCUT2D eigenvalue weighted by Crippen LogP contribution is -2.51. The molecule has 1 aromatic heterocycles. The number of H-pyrrole nitrogens is 1. The first-order chi connectivity index (χ1) is 13.1. The monoisotopic (exact) mass is 370 g/mol. The summed E-state index contributed by atoms with van der Waals surface area (Å²) in [6, 6.07) is 8.04. The number of para-hydroxylation sites is 1. The Hall–Kier alpha value is -2.34. The number of nitrogens with one attached hydrogen (secondary N) is 1. The van der Waals surface area contributed by atoms with Gasteiger partial charge in [-0.3, -0.25) is 9.59 Å². The predicted octanol–water partition coefficient (Wildman–Crippen LogP) is 2.11. The third-order valence-corrected chi connectivity index (χ3v) is 5.54. The fourth-order valence-corrected chi connectivity index (χ4v) is 3.71. The Balaban J connectivity index is 1.48. The minimum atomic E-state index is 0.134. The Bertz CT molecular complexity index is 773. The number of rotatable bonds is 7. The molecule has 146 valence electrons. The van der Waals surface area contributed by atoms with Crippen LogP contribution < -0.4 is 0 Å². The molecule has 0 aliphatic carbocycles. The normalized spacial score (nSPS) is 14.9. The second kappa shape index (κ2) is 9.04. The summed E-state index contributed by atoms with van der Waals surface area (Å²) in [5.74, 6) is 0.334. The number of fused-ring (bicyclic) bond motifs is 1. The smallest absolute Gasteiger partial charge is 0.227 e. The highest BCUT2D eigenvalue weighted by molar-refractivity contribution is 5.89. The minimum Gasteiger partial charge on any atom is -0.361 e. The second-order valence-corrected chi connectivity index (χ2v) is 7.07. The molecule has 1 N–H and O–H groups in total. The third kappa shape index (κ3) is 4.69. The number of aromatic nitrogens is 1. The maximum Gasteiger partial charge on any atom is 0.227 e. The molecule has 27 heavy (non-hydrogen) atoms. The predicted molar refractivity (Wildman–Crippen MR) is 108 cm³/mol. The molecular formula is C21H30N4O2. The maximum absolute atomic E-state index is 12.7. The van der Waals surface area contributed by atoms with Crippen molar-refractivity contribution < 1.29 is 9.59 Å². The van der Waals surface area contributed by atoms with Gasteiger partial charge >= 0.3 is 0 Å². The Labute approximate surface area is 161 Å². The summed E-state index contributed by atoms with van der Waals surface area (Å²) in [5.41, 5.74) is 2.09. The first-order valence-electron chi connectivity index (χ1n) is 9.95. The van der Waals surface area contributed by atoms with Crippen LogP contribution in [0.5, 0.6) is 0 Å². The zero-order valence-electron chi connectivity index (χ0n) is 16.4. The molecular weight excluding hydrogens is 340 g/mol. The third-order valence-electron chi connectivity index (χ3n) is 5.54.